The first-order valence-corrected chi connectivity index (χ1v) is 10.2. The summed E-state index contributed by atoms with van der Waals surface area (Å²) >= 11 is 1.58. The summed E-state index contributed by atoms with van der Waals surface area (Å²) in [6, 6.07) is 22.9. The van der Waals surface area contributed by atoms with Crippen LogP contribution in [0.3, 0.4) is 0 Å². The van der Waals surface area contributed by atoms with Crippen molar-refractivity contribution in [3.8, 4) is 0 Å². The van der Waals surface area contributed by atoms with Crippen molar-refractivity contribution in [2.24, 2.45) is 0 Å². The Hall–Kier alpha value is -2.92. The van der Waals surface area contributed by atoms with E-state index in [1.807, 2.05) is 85.1 Å². The van der Waals surface area contributed by atoms with Crippen molar-refractivity contribution in [2.75, 3.05) is 6.61 Å². The topological polar surface area (TPSA) is 55.4 Å². The Balaban J connectivity index is 1.63. The average Bonchev–Trinajstić information content (AvgIpc) is 3.27. The second kappa shape index (κ2) is 9.85. The first kappa shape index (κ1) is 19.8. The molecular weight excluding hydrogens is 370 g/mol. The van der Waals surface area contributed by atoms with Crippen LogP contribution in [0.5, 0.6) is 0 Å². The van der Waals surface area contributed by atoms with Crippen molar-refractivity contribution >= 4 is 23.2 Å². The van der Waals surface area contributed by atoms with Gasteiger partial charge < -0.3 is 10.1 Å². The zero-order chi connectivity index (χ0) is 19.8. The first-order valence-electron chi connectivity index (χ1n) is 9.28. The SMILES string of the molecule is CC[C@@H](C(=O)OCC(=O)N[C@H](c1ccccc1)c1cccs1)c1ccccc1. The molecule has 1 N–H and O–H groups in total. The lowest BCUT2D eigenvalue weighted by Gasteiger charge is -2.19. The van der Waals surface area contributed by atoms with E-state index in [9.17, 15) is 9.59 Å². The van der Waals surface area contributed by atoms with Crippen LogP contribution in [0.2, 0.25) is 0 Å². The van der Waals surface area contributed by atoms with Crippen LogP contribution >= 0.6 is 11.3 Å². The van der Waals surface area contributed by atoms with Crippen molar-refractivity contribution in [1.29, 1.82) is 0 Å². The number of esters is 1. The number of hydrogen-bond acceptors (Lipinski definition) is 4. The lowest BCUT2D eigenvalue weighted by molar-refractivity contribution is -0.150. The number of rotatable bonds is 8. The highest BCUT2D eigenvalue weighted by molar-refractivity contribution is 7.10. The van der Waals surface area contributed by atoms with E-state index >= 15 is 0 Å². The number of hydrogen-bond donors (Lipinski definition) is 1. The van der Waals surface area contributed by atoms with E-state index in [0.717, 1.165) is 16.0 Å². The van der Waals surface area contributed by atoms with Crippen LogP contribution in [0.4, 0.5) is 0 Å². The van der Waals surface area contributed by atoms with Gasteiger partial charge in [0.05, 0.1) is 12.0 Å². The summed E-state index contributed by atoms with van der Waals surface area (Å²) in [4.78, 5) is 26.0. The van der Waals surface area contributed by atoms with E-state index < -0.39 is 0 Å². The zero-order valence-corrected chi connectivity index (χ0v) is 16.5. The molecule has 0 fully saturated rings. The van der Waals surface area contributed by atoms with Gasteiger partial charge in [0.1, 0.15) is 0 Å². The maximum Gasteiger partial charge on any atom is 0.313 e. The highest BCUT2D eigenvalue weighted by Crippen LogP contribution is 2.26. The number of benzene rings is 2. The van der Waals surface area contributed by atoms with Gasteiger partial charge in [0, 0.05) is 4.88 Å². The molecule has 2 aromatic carbocycles. The van der Waals surface area contributed by atoms with Gasteiger partial charge in [-0.05, 0) is 29.0 Å². The number of nitrogens with one attached hydrogen (secondary N) is 1. The number of ether oxygens (including phenoxy) is 1. The lowest BCUT2D eigenvalue weighted by Crippen LogP contribution is -2.33. The van der Waals surface area contributed by atoms with Crippen molar-refractivity contribution < 1.29 is 14.3 Å². The maximum absolute atomic E-state index is 12.5. The summed E-state index contributed by atoms with van der Waals surface area (Å²) in [5.74, 6) is -1.06. The first-order chi connectivity index (χ1) is 13.7. The lowest BCUT2D eigenvalue weighted by atomic mass is 9.97. The minimum atomic E-state index is -0.378. The van der Waals surface area contributed by atoms with Gasteiger partial charge in [-0.1, -0.05) is 73.7 Å². The second-order valence-corrected chi connectivity index (χ2v) is 7.39. The molecule has 0 radical (unpaired) electrons. The minimum absolute atomic E-state index is 0.261. The van der Waals surface area contributed by atoms with E-state index in [-0.39, 0.29) is 30.4 Å². The van der Waals surface area contributed by atoms with Crippen LogP contribution in [-0.2, 0) is 14.3 Å². The van der Waals surface area contributed by atoms with Crippen LogP contribution in [-0.4, -0.2) is 18.5 Å². The van der Waals surface area contributed by atoms with Gasteiger partial charge in [0.15, 0.2) is 6.61 Å². The largest absolute Gasteiger partial charge is 0.455 e. The van der Waals surface area contributed by atoms with Crippen LogP contribution in [0.25, 0.3) is 0 Å². The van der Waals surface area contributed by atoms with E-state index in [4.69, 9.17) is 4.74 Å². The molecule has 28 heavy (non-hydrogen) atoms. The summed E-state index contributed by atoms with van der Waals surface area (Å²) in [6.07, 6.45) is 0.617. The van der Waals surface area contributed by atoms with Crippen LogP contribution in [0, 0.1) is 0 Å². The molecule has 0 aliphatic rings. The zero-order valence-electron chi connectivity index (χ0n) is 15.7. The number of amides is 1. The molecule has 0 saturated heterocycles. The molecule has 0 unspecified atom stereocenters. The smallest absolute Gasteiger partial charge is 0.313 e. The summed E-state index contributed by atoms with van der Waals surface area (Å²) in [7, 11) is 0. The van der Waals surface area contributed by atoms with Gasteiger partial charge in [-0.15, -0.1) is 11.3 Å². The number of carbonyl (C=O) groups excluding carboxylic acids is 2. The molecule has 3 rings (SSSR count). The van der Waals surface area contributed by atoms with Gasteiger partial charge in [0.25, 0.3) is 5.91 Å². The molecule has 2 atom stereocenters. The van der Waals surface area contributed by atoms with Crippen LogP contribution < -0.4 is 5.32 Å². The van der Waals surface area contributed by atoms with Crippen molar-refractivity contribution in [2.45, 2.75) is 25.3 Å². The summed E-state index contributed by atoms with van der Waals surface area (Å²) < 4.78 is 5.32. The minimum Gasteiger partial charge on any atom is -0.455 e. The van der Waals surface area contributed by atoms with Gasteiger partial charge in [-0.2, -0.15) is 0 Å². The Morgan fingerprint density at radius 1 is 0.929 bits per heavy atom. The third-order valence-electron chi connectivity index (χ3n) is 4.51. The van der Waals surface area contributed by atoms with Crippen molar-refractivity contribution in [3.05, 3.63) is 94.2 Å². The molecule has 1 aromatic heterocycles. The fourth-order valence-electron chi connectivity index (χ4n) is 3.08. The van der Waals surface area contributed by atoms with Gasteiger partial charge in [-0.25, -0.2) is 0 Å². The third kappa shape index (κ3) is 5.08. The van der Waals surface area contributed by atoms with Gasteiger partial charge in [0.2, 0.25) is 0 Å². The summed E-state index contributed by atoms with van der Waals surface area (Å²) in [6.45, 7) is 1.64. The third-order valence-corrected chi connectivity index (χ3v) is 5.44. The molecule has 0 aliphatic heterocycles. The van der Waals surface area contributed by atoms with Gasteiger partial charge >= 0.3 is 5.97 Å². The monoisotopic (exact) mass is 393 g/mol. The Bertz CT molecular complexity index is 879. The Morgan fingerprint density at radius 3 is 2.14 bits per heavy atom. The molecule has 0 aliphatic carbocycles. The quantitative estimate of drug-likeness (QED) is 0.565. The number of thiophene rings is 1. The highest BCUT2D eigenvalue weighted by Gasteiger charge is 2.22. The normalized spacial score (nSPS) is 12.8. The average molecular weight is 394 g/mol. The fourth-order valence-corrected chi connectivity index (χ4v) is 3.89. The predicted molar refractivity (Wildman–Crippen MR) is 111 cm³/mol. The molecule has 5 heteroatoms. The molecule has 144 valence electrons. The van der Waals surface area contributed by atoms with Gasteiger partial charge in [-0.3, -0.25) is 9.59 Å². The number of carbonyl (C=O) groups is 2. The maximum atomic E-state index is 12.5. The van der Waals surface area contributed by atoms with Crippen LogP contribution in [0.1, 0.15) is 41.3 Å². The predicted octanol–water partition coefficient (Wildman–Crippen LogP) is 4.69. The Kier molecular flexibility index (Phi) is 6.98. The molecule has 0 spiro atoms. The van der Waals surface area contributed by atoms with E-state index in [2.05, 4.69) is 5.32 Å². The van der Waals surface area contributed by atoms with Crippen molar-refractivity contribution in [1.82, 2.24) is 5.32 Å². The summed E-state index contributed by atoms with van der Waals surface area (Å²) in [5.41, 5.74) is 1.89. The fraction of sp³-hybridized carbons (Fsp3) is 0.217. The van der Waals surface area contributed by atoms with E-state index in [1.165, 1.54) is 0 Å². The molecule has 1 amide bonds. The molecule has 0 saturated carbocycles. The molecule has 0 bridgehead atoms. The summed E-state index contributed by atoms with van der Waals surface area (Å²) in [5, 5.41) is 4.96. The van der Waals surface area contributed by atoms with E-state index in [1.54, 1.807) is 11.3 Å². The molecular formula is C23H23NO3S. The highest BCUT2D eigenvalue weighted by atomic mass is 32.1. The Labute approximate surface area is 169 Å². The molecule has 4 nitrogen and oxygen atoms in total. The van der Waals surface area contributed by atoms with Crippen molar-refractivity contribution in [3.63, 3.8) is 0 Å². The molecule has 3 aromatic rings. The Morgan fingerprint density at radius 2 is 1.57 bits per heavy atom. The molecule has 1 heterocycles. The van der Waals surface area contributed by atoms with Crippen LogP contribution in [0.15, 0.2) is 78.2 Å². The van der Waals surface area contributed by atoms with E-state index in [0.29, 0.717) is 6.42 Å². The standard InChI is InChI=1S/C23H23NO3S/c1-2-19(17-10-5-3-6-11-17)23(26)27-16-21(25)24-22(20-14-9-15-28-20)18-12-7-4-8-13-18/h3-15,19,22H,2,16H2,1H3,(H,24,25)/t19-,22-/m1/s1. The second-order valence-electron chi connectivity index (χ2n) is 6.41.